The monoisotopic (exact) mass is 377 g/mol. The van der Waals surface area contributed by atoms with Gasteiger partial charge in [0.05, 0.1) is 10.5 Å². The maximum Gasteiger partial charge on any atom is 0.416 e. The van der Waals surface area contributed by atoms with Crippen molar-refractivity contribution < 1.29 is 21.6 Å². The van der Waals surface area contributed by atoms with Gasteiger partial charge in [0.25, 0.3) is 0 Å². The lowest BCUT2D eigenvalue weighted by Gasteiger charge is -2.14. The van der Waals surface area contributed by atoms with Crippen LogP contribution in [0.2, 0.25) is 0 Å². The summed E-state index contributed by atoms with van der Waals surface area (Å²) in [5, 5.41) is 5.30. The topological polar surface area (TPSA) is 60.2 Å². The van der Waals surface area contributed by atoms with Gasteiger partial charge in [-0.3, -0.25) is 0 Å². The summed E-state index contributed by atoms with van der Waals surface area (Å²) in [6, 6.07) is 17.8. The highest BCUT2D eigenvalue weighted by Gasteiger charge is 2.30. The summed E-state index contributed by atoms with van der Waals surface area (Å²) in [6.45, 7) is 0. The van der Waals surface area contributed by atoms with Gasteiger partial charge in [-0.15, -0.1) is 0 Å². The van der Waals surface area contributed by atoms with Crippen molar-refractivity contribution in [1.29, 1.82) is 0 Å². The highest BCUT2D eigenvalue weighted by atomic mass is 32.2. The van der Waals surface area contributed by atoms with Crippen LogP contribution in [0.15, 0.2) is 77.7 Å². The largest absolute Gasteiger partial charge is 0.416 e. The Balaban J connectivity index is 2.17. The van der Waals surface area contributed by atoms with Crippen LogP contribution in [-0.4, -0.2) is 8.42 Å². The van der Waals surface area contributed by atoms with E-state index in [2.05, 4.69) is 0 Å². The smallest absolute Gasteiger partial charge is 0.225 e. The molecule has 0 spiro atoms. The number of benzene rings is 3. The van der Waals surface area contributed by atoms with Crippen molar-refractivity contribution in [3.63, 3.8) is 0 Å². The zero-order valence-corrected chi connectivity index (χ0v) is 14.2. The second-order valence-electron chi connectivity index (χ2n) is 5.66. The molecule has 0 radical (unpaired) electrons. The lowest BCUT2D eigenvalue weighted by atomic mass is 9.94. The molecule has 3 nitrogen and oxygen atoms in total. The van der Waals surface area contributed by atoms with Gasteiger partial charge >= 0.3 is 6.18 Å². The Labute approximate surface area is 149 Å². The van der Waals surface area contributed by atoms with E-state index in [0.717, 1.165) is 12.1 Å². The molecule has 0 heterocycles. The molecule has 0 aliphatic rings. The van der Waals surface area contributed by atoms with E-state index in [1.807, 2.05) is 0 Å². The Hall–Kier alpha value is -2.64. The minimum atomic E-state index is -4.42. The third kappa shape index (κ3) is 3.63. The average Bonchev–Trinajstić information content (AvgIpc) is 2.60. The Bertz CT molecular complexity index is 1040. The van der Waals surface area contributed by atoms with Crippen molar-refractivity contribution in [2.75, 3.05) is 0 Å². The van der Waals surface area contributed by atoms with Crippen molar-refractivity contribution in [3.8, 4) is 22.3 Å². The number of primary sulfonamides is 1. The molecular weight excluding hydrogens is 363 g/mol. The molecule has 3 rings (SSSR count). The molecule has 0 fully saturated rings. The van der Waals surface area contributed by atoms with Crippen LogP contribution in [0.5, 0.6) is 0 Å². The second kappa shape index (κ2) is 6.59. The fraction of sp³-hybridized carbons (Fsp3) is 0.0526. The maximum absolute atomic E-state index is 12.8. The molecule has 0 saturated carbocycles. The Morgan fingerprint density at radius 1 is 0.692 bits per heavy atom. The summed E-state index contributed by atoms with van der Waals surface area (Å²) in [6.07, 6.45) is -4.42. The van der Waals surface area contributed by atoms with E-state index in [-0.39, 0.29) is 4.90 Å². The number of alkyl halides is 3. The highest BCUT2D eigenvalue weighted by molar-refractivity contribution is 7.89. The molecule has 0 aliphatic heterocycles. The van der Waals surface area contributed by atoms with Crippen LogP contribution < -0.4 is 5.14 Å². The number of halogens is 3. The first kappa shape index (κ1) is 18.2. The van der Waals surface area contributed by atoms with Gasteiger partial charge in [0, 0.05) is 5.56 Å². The molecule has 0 atom stereocenters. The van der Waals surface area contributed by atoms with Crippen LogP contribution >= 0.6 is 0 Å². The standard InChI is InChI=1S/C19H14F3NO2S/c20-19(21,22)14-11-9-13(10-12-14)15-5-1-2-6-16(15)17-7-3-4-8-18(17)26(23,24)25/h1-12H,(H2,23,24,25). The quantitative estimate of drug-likeness (QED) is 0.720. The number of hydrogen-bond acceptors (Lipinski definition) is 2. The SMILES string of the molecule is NS(=O)(=O)c1ccccc1-c1ccccc1-c1ccc(C(F)(F)F)cc1. The van der Waals surface area contributed by atoms with Crippen LogP contribution in [0.4, 0.5) is 13.2 Å². The summed E-state index contributed by atoms with van der Waals surface area (Å²) in [7, 11) is -3.96. The van der Waals surface area contributed by atoms with Gasteiger partial charge < -0.3 is 0 Å². The van der Waals surface area contributed by atoms with Crippen LogP contribution in [0.3, 0.4) is 0 Å². The summed E-state index contributed by atoms with van der Waals surface area (Å²) in [5.41, 5.74) is 1.36. The van der Waals surface area contributed by atoms with E-state index in [4.69, 9.17) is 5.14 Å². The van der Waals surface area contributed by atoms with E-state index in [9.17, 15) is 21.6 Å². The predicted octanol–water partition coefficient (Wildman–Crippen LogP) is 4.69. The normalized spacial score (nSPS) is 12.2. The zero-order valence-electron chi connectivity index (χ0n) is 13.4. The van der Waals surface area contributed by atoms with E-state index >= 15 is 0 Å². The van der Waals surface area contributed by atoms with Crippen molar-refractivity contribution in [3.05, 3.63) is 78.4 Å². The van der Waals surface area contributed by atoms with Crippen LogP contribution in [0.25, 0.3) is 22.3 Å². The summed E-state index contributed by atoms with van der Waals surface area (Å²) in [5.74, 6) is 0. The Kier molecular flexibility index (Phi) is 4.60. The van der Waals surface area contributed by atoms with Gasteiger partial charge in [-0.1, -0.05) is 54.6 Å². The van der Waals surface area contributed by atoms with Crippen molar-refractivity contribution >= 4 is 10.0 Å². The lowest BCUT2D eigenvalue weighted by Crippen LogP contribution is -2.13. The van der Waals surface area contributed by atoms with E-state index in [1.54, 1.807) is 42.5 Å². The zero-order chi connectivity index (χ0) is 18.9. The molecule has 0 aromatic heterocycles. The first-order valence-electron chi connectivity index (χ1n) is 7.57. The highest BCUT2D eigenvalue weighted by Crippen LogP contribution is 2.36. The molecule has 0 unspecified atom stereocenters. The van der Waals surface area contributed by atoms with E-state index in [0.29, 0.717) is 22.3 Å². The van der Waals surface area contributed by atoms with Crippen LogP contribution in [0, 0.1) is 0 Å². The van der Waals surface area contributed by atoms with Crippen molar-refractivity contribution in [1.82, 2.24) is 0 Å². The van der Waals surface area contributed by atoms with Gasteiger partial charge in [0.2, 0.25) is 10.0 Å². The molecule has 134 valence electrons. The summed E-state index contributed by atoms with van der Waals surface area (Å²) < 4.78 is 62.1. The van der Waals surface area contributed by atoms with Gasteiger partial charge in [0.1, 0.15) is 0 Å². The predicted molar refractivity (Wildman–Crippen MR) is 93.7 cm³/mol. The van der Waals surface area contributed by atoms with Crippen molar-refractivity contribution in [2.24, 2.45) is 5.14 Å². The molecular formula is C19H14F3NO2S. The molecule has 0 saturated heterocycles. The maximum atomic E-state index is 12.8. The van der Waals surface area contributed by atoms with Gasteiger partial charge in [0.15, 0.2) is 0 Å². The molecule has 2 N–H and O–H groups in total. The molecule has 3 aromatic carbocycles. The number of nitrogens with two attached hydrogens (primary N) is 1. The van der Waals surface area contributed by atoms with Gasteiger partial charge in [-0.05, 0) is 34.9 Å². The number of hydrogen-bond donors (Lipinski definition) is 1. The molecule has 3 aromatic rings. The third-order valence-corrected chi connectivity index (χ3v) is 4.90. The molecule has 0 bridgehead atoms. The summed E-state index contributed by atoms with van der Waals surface area (Å²) in [4.78, 5) is -0.0423. The average molecular weight is 377 g/mol. The van der Waals surface area contributed by atoms with Gasteiger partial charge in [-0.25, -0.2) is 13.6 Å². The molecule has 26 heavy (non-hydrogen) atoms. The number of sulfonamides is 1. The lowest BCUT2D eigenvalue weighted by molar-refractivity contribution is -0.137. The molecule has 0 amide bonds. The van der Waals surface area contributed by atoms with Gasteiger partial charge in [-0.2, -0.15) is 13.2 Å². The minimum Gasteiger partial charge on any atom is -0.225 e. The fourth-order valence-electron chi connectivity index (χ4n) is 2.75. The minimum absolute atomic E-state index is 0.0423. The Morgan fingerprint density at radius 2 is 1.19 bits per heavy atom. The van der Waals surface area contributed by atoms with Crippen molar-refractivity contribution in [2.45, 2.75) is 11.1 Å². The first-order chi connectivity index (χ1) is 12.2. The van der Waals surface area contributed by atoms with Crippen LogP contribution in [0.1, 0.15) is 5.56 Å². The third-order valence-electron chi connectivity index (χ3n) is 3.93. The summed E-state index contributed by atoms with van der Waals surface area (Å²) >= 11 is 0. The molecule has 0 aliphatic carbocycles. The Morgan fingerprint density at radius 3 is 1.73 bits per heavy atom. The fourth-order valence-corrected chi connectivity index (χ4v) is 3.50. The molecule has 7 heteroatoms. The second-order valence-corrected chi connectivity index (χ2v) is 7.19. The van der Waals surface area contributed by atoms with E-state index in [1.165, 1.54) is 18.2 Å². The number of rotatable bonds is 3. The van der Waals surface area contributed by atoms with E-state index < -0.39 is 21.8 Å². The first-order valence-corrected chi connectivity index (χ1v) is 9.11. The van der Waals surface area contributed by atoms with Crippen LogP contribution in [-0.2, 0) is 16.2 Å².